The first-order chi connectivity index (χ1) is 7.29. The summed E-state index contributed by atoms with van der Waals surface area (Å²) in [6.07, 6.45) is 1.79. The van der Waals surface area contributed by atoms with E-state index < -0.39 is 0 Å². The molecule has 1 rings (SSSR count). The minimum absolute atomic E-state index is 0.168. The van der Waals surface area contributed by atoms with Crippen molar-refractivity contribution in [3.05, 3.63) is 30.1 Å². The standard InChI is InChI=1S/C11H19N3O/c1-14(7-8-15-2)11(9-12)10-5-3-4-6-13-10/h3-6,11H,7-9,12H2,1-2H3. The first-order valence-corrected chi connectivity index (χ1v) is 5.09. The van der Waals surface area contributed by atoms with Crippen LogP contribution < -0.4 is 5.73 Å². The van der Waals surface area contributed by atoms with E-state index in [9.17, 15) is 0 Å². The summed E-state index contributed by atoms with van der Waals surface area (Å²) in [5.41, 5.74) is 6.77. The Labute approximate surface area is 91.1 Å². The molecular weight excluding hydrogens is 190 g/mol. The Hall–Kier alpha value is -0.970. The van der Waals surface area contributed by atoms with Crippen molar-refractivity contribution in [2.75, 3.05) is 33.9 Å². The molecule has 0 fully saturated rings. The lowest BCUT2D eigenvalue weighted by atomic mass is 10.1. The Bertz CT molecular complexity index is 266. The van der Waals surface area contributed by atoms with Crippen LogP contribution in [0, 0.1) is 0 Å². The highest BCUT2D eigenvalue weighted by Crippen LogP contribution is 2.14. The molecule has 84 valence electrons. The van der Waals surface area contributed by atoms with Crippen LogP contribution in [0.5, 0.6) is 0 Å². The van der Waals surface area contributed by atoms with Crippen molar-refractivity contribution in [2.24, 2.45) is 5.73 Å². The number of pyridine rings is 1. The molecule has 0 saturated carbocycles. The van der Waals surface area contributed by atoms with Gasteiger partial charge >= 0.3 is 0 Å². The van der Waals surface area contributed by atoms with Gasteiger partial charge in [0.15, 0.2) is 0 Å². The van der Waals surface area contributed by atoms with Crippen molar-refractivity contribution < 1.29 is 4.74 Å². The zero-order valence-electron chi connectivity index (χ0n) is 9.39. The van der Waals surface area contributed by atoms with Gasteiger partial charge in [-0.15, -0.1) is 0 Å². The molecule has 0 aliphatic rings. The highest BCUT2D eigenvalue weighted by atomic mass is 16.5. The molecule has 1 atom stereocenters. The Morgan fingerprint density at radius 1 is 1.53 bits per heavy atom. The maximum Gasteiger partial charge on any atom is 0.0642 e. The Balaban J connectivity index is 2.63. The maximum atomic E-state index is 5.75. The molecule has 1 unspecified atom stereocenters. The monoisotopic (exact) mass is 209 g/mol. The third kappa shape index (κ3) is 3.58. The molecule has 2 N–H and O–H groups in total. The van der Waals surface area contributed by atoms with Gasteiger partial charge in [-0.2, -0.15) is 0 Å². The Morgan fingerprint density at radius 2 is 2.33 bits per heavy atom. The smallest absolute Gasteiger partial charge is 0.0642 e. The van der Waals surface area contributed by atoms with Crippen LogP contribution in [0.2, 0.25) is 0 Å². The van der Waals surface area contributed by atoms with Gasteiger partial charge in [0.2, 0.25) is 0 Å². The minimum atomic E-state index is 0.168. The number of likely N-dealkylation sites (N-methyl/N-ethyl adjacent to an activating group) is 1. The molecule has 0 radical (unpaired) electrons. The third-order valence-electron chi connectivity index (χ3n) is 2.43. The number of hydrogen-bond donors (Lipinski definition) is 1. The normalized spacial score (nSPS) is 13.1. The van der Waals surface area contributed by atoms with E-state index in [0.717, 1.165) is 12.2 Å². The van der Waals surface area contributed by atoms with Gasteiger partial charge in [-0.3, -0.25) is 9.88 Å². The molecule has 0 aliphatic carbocycles. The van der Waals surface area contributed by atoms with Crippen LogP contribution in [0.25, 0.3) is 0 Å². The van der Waals surface area contributed by atoms with Crippen molar-refractivity contribution >= 4 is 0 Å². The van der Waals surface area contributed by atoms with E-state index in [1.807, 2.05) is 25.2 Å². The average molecular weight is 209 g/mol. The van der Waals surface area contributed by atoms with E-state index in [0.29, 0.717) is 13.2 Å². The molecule has 1 aromatic rings. The van der Waals surface area contributed by atoms with Crippen molar-refractivity contribution in [2.45, 2.75) is 6.04 Å². The van der Waals surface area contributed by atoms with Crippen LogP contribution in [0.3, 0.4) is 0 Å². The summed E-state index contributed by atoms with van der Waals surface area (Å²) < 4.78 is 5.04. The fourth-order valence-corrected chi connectivity index (χ4v) is 1.49. The van der Waals surface area contributed by atoms with E-state index in [-0.39, 0.29) is 6.04 Å². The first-order valence-electron chi connectivity index (χ1n) is 5.09. The van der Waals surface area contributed by atoms with Crippen LogP contribution in [0.4, 0.5) is 0 Å². The number of hydrogen-bond acceptors (Lipinski definition) is 4. The second-order valence-corrected chi connectivity index (χ2v) is 3.48. The number of rotatable bonds is 6. The summed E-state index contributed by atoms with van der Waals surface area (Å²) >= 11 is 0. The number of nitrogens with zero attached hydrogens (tertiary/aromatic N) is 2. The molecule has 1 aromatic heterocycles. The summed E-state index contributed by atoms with van der Waals surface area (Å²) in [6, 6.07) is 6.06. The van der Waals surface area contributed by atoms with E-state index >= 15 is 0 Å². The second-order valence-electron chi connectivity index (χ2n) is 3.48. The first kappa shape index (κ1) is 12.1. The molecule has 15 heavy (non-hydrogen) atoms. The number of ether oxygens (including phenoxy) is 1. The molecule has 0 saturated heterocycles. The zero-order valence-corrected chi connectivity index (χ0v) is 9.39. The second kappa shape index (κ2) is 6.50. The van der Waals surface area contributed by atoms with Crippen LogP contribution in [0.15, 0.2) is 24.4 Å². The van der Waals surface area contributed by atoms with E-state index in [1.54, 1.807) is 13.3 Å². The van der Waals surface area contributed by atoms with Crippen LogP contribution in [-0.4, -0.2) is 43.7 Å². The topological polar surface area (TPSA) is 51.4 Å². The molecule has 0 bridgehead atoms. The van der Waals surface area contributed by atoms with Gasteiger partial charge in [0.25, 0.3) is 0 Å². The van der Waals surface area contributed by atoms with Crippen LogP contribution in [-0.2, 0) is 4.74 Å². The van der Waals surface area contributed by atoms with Crippen molar-refractivity contribution in [3.63, 3.8) is 0 Å². The molecule has 4 heteroatoms. The third-order valence-corrected chi connectivity index (χ3v) is 2.43. The zero-order chi connectivity index (χ0) is 11.1. The molecule has 1 heterocycles. The lowest BCUT2D eigenvalue weighted by molar-refractivity contribution is 0.139. The largest absolute Gasteiger partial charge is 0.383 e. The van der Waals surface area contributed by atoms with E-state index in [2.05, 4.69) is 9.88 Å². The van der Waals surface area contributed by atoms with Crippen molar-refractivity contribution in [1.29, 1.82) is 0 Å². The molecule has 4 nitrogen and oxygen atoms in total. The molecule has 0 amide bonds. The predicted molar refractivity (Wildman–Crippen MR) is 60.5 cm³/mol. The molecular formula is C11H19N3O. The Morgan fingerprint density at radius 3 is 2.87 bits per heavy atom. The maximum absolute atomic E-state index is 5.75. The van der Waals surface area contributed by atoms with Gasteiger partial charge < -0.3 is 10.5 Å². The summed E-state index contributed by atoms with van der Waals surface area (Å²) in [5.74, 6) is 0. The number of aromatic nitrogens is 1. The van der Waals surface area contributed by atoms with Gasteiger partial charge in [-0.1, -0.05) is 6.07 Å². The van der Waals surface area contributed by atoms with Gasteiger partial charge in [0, 0.05) is 26.4 Å². The fourth-order valence-electron chi connectivity index (χ4n) is 1.49. The lowest BCUT2D eigenvalue weighted by Gasteiger charge is -2.25. The van der Waals surface area contributed by atoms with Crippen molar-refractivity contribution in [3.8, 4) is 0 Å². The summed E-state index contributed by atoms with van der Waals surface area (Å²) in [5, 5.41) is 0. The SMILES string of the molecule is COCCN(C)C(CN)c1ccccn1. The average Bonchev–Trinajstić information content (AvgIpc) is 2.29. The fraction of sp³-hybridized carbons (Fsp3) is 0.545. The highest BCUT2D eigenvalue weighted by Gasteiger charge is 2.15. The highest BCUT2D eigenvalue weighted by molar-refractivity contribution is 5.09. The number of methoxy groups -OCH3 is 1. The van der Waals surface area contributed by atoms with E-state index in [4.69, 9.17) is 10.5 Å². The quantitative estimate of drug-likeness (QED) is 0.747. The summed E-state index contributed by atoms with van der Waals surface area (Å²) in [6.45, 7) is 2.13. The minimum Gasteiger partial charge on any atom is -0.383 e. The van der Waals surface area contributed by atoms with Crippen molar-refractivity contribution in [1.82, 2.24) is 9.88 Å². The molecule has 0 aliphatic heterocycles. The van der Waals surface area contributed by atoms with Crippen LogP contribution >= 0.6 is 0 Å². The molecule has 0 spiro atoms. The van der Waals surface area contributed by atoms with Gasteiger partial charge in [0.05, 0.1) is 18.3 Å². The predicted octanol–water partition coefficient (Wildman–Crippen LogP) is 0.660. The summed E-state index contributed by atoms with van der Waals surface area (Å²) in [4.78, 5) is 6.48. The van der Waals surface area contributed by atoms with Gasteiger partial charge in [0.1, 0.15) is 0 Å². The van der Waals surface area contributed by atoms with Gasteiger partial charge in [-0.25, -0.2) is 0 Å². The molecule has 0 aromatic carbocycles. The lowest BCUT2D eigenvalue weighted by Crippen LogP contribution is -2.33. The van der Waals surface area contributed by atoms with Gasteiger partial charge in [-0.05, 0) is 19.2 Å². The van der Waals surface area contributed by atoms with Crippen LogP contribution in [0.1, 0.15) is 11.7 Å². The van der Waals surface area contributed by atoms with E-state index in [1.165, 1.54) is 0 Å². The Kier molecular flexibility index (Phi) is 5.25. The summed E-state index contributed by atoms with van der Waals surface area (Å²) in [7, 11) is 3.73. The number of nitrogens with two attached hydrogens (primary N) is 1.